The molecule has 0 heterocycles. The second-order valence-corrected chi connectivity index (χ2v) is 3.36. The van der Waals surface area contributed by atoms with Gasteiger partial charge in [0.15, 0.2) is 0 Å². The van der Waals surface area contributed by atoms with Crippen LogP contribution in [0, 0.1) is 0 Å². The Kier molecular flexibility index (Phi) is 10.2. The number of hydrogen-bond donors (Lipinski definition) is 1. The van der Waals surface area contributed by atoms with E-state index in [4.69, 9.17) is 0 Å². The second kappa shape index (κ2) is 11.0. The quantitative estimate of drug-likeness (QED) is 0.628. The number of hydrogen-bond acceptors (Lipinski definition) is 1. The van der Waals surface area contributed by atoms with Crippen molar-refractivity contribution in [3.63, 3.8) is 0 Å². The summed E-state index contributed by atoms with van der Waals surface area (Å²) in [5.41, 5.74) is 0. The number of aliphatic hydroxyl groups excluding tert-OH is 1. The van der Waals surface area contributed by atoms with Crippen molar-refractivity contribution in [2.24, 2.45) is 0 Å². The standard InChI is InChI=1S/C14H22O/c1-3-5-6-7-8-9-10-11-12-13-14(15)4-2/h3,5-11,14-15H,4,12-13H2,1-2H3/t14-/m0/s1. The minimum Gasteiger partial charge on any atom is -0.393 e. The van der Waals surface area contributed by atoms with Gasteiger partial charge < -0.3 is 5.11 Å². The van der Waals surface area contributed by atoms with Gasteiger partial charge >= 0.3 is 0 Å². The van der Waals surface area contributed by atoms with Crippen molar-refractivity contribution in [2.75, 3.05) is 0 Å². The monoisotopic (exact) mass is 206 g/mol. The summed E-state index contributed by atoms with van der Waals surface area (Å²) in [5, 5.41) is 9.29. The highest BCUT2D eigenvalue weighted by Gasteiger charge is 1.96. The third-order valence-electron chi connectivity index (χ3n) is 2.02. The summed E-state index contributed by atoms with van der Waals surface area (Å²) in [6.07, 6.45) is 18.6. The summed E-state index contributed by atoms with van der Waals surface area (Å²) in [4.78, 5) is 0. The third kappa shape index (κ3) is 10.8. The van der Waals surface area contributed by atoms with Gasteiger partial charge in [-0.05, 0) is 26.2 Å². The van der Waals surface area contributed by atoms with Gasteiger partial charge in [0, 0.05) is 0 Å². The summed E-state index contributed by atoms with van der Waals surface area (Å²) in [6.45, 7) is 3.99. The molecule has 0 aromatic heterocycles. The molecule has 0 bridgehead atoms. The van der Waals surface area contributed by atoms with Crippen molar-refractivity contribution < 1.29 is 5.11 Å². The van der Waals surface area contributed by atoms with Gasteiger partial charge in [0.05, 0.1) is 6.10 Å². The van der Waals surface area contributed by atoms with Gasteiger partial charge in [0.25, 0.3) is 0 Å². The minimum absolute atomic E-state index is 0.145. The van der Waals surface area contributed by atoms with Gasteiger partial charge in [0.1, 0.15) is 0 Å². The Bertz CT molecular complexity index is 234. The van der Waals surface area contributed by atoms with Crippen molar-refractivity contribution in [2.45, 2.75) is 39.2 Å². The maximum Gasteiger partial charge on any atom is 0.0540 e. The van der Waals surface area contributed by atoms with Crippen molar-refractivity contribution in [3.05, 3.63) is 48.6 Å². The highest BCUT2D eigenvalue weighted by molar-refractivity contribution is 5.14. The SMILES string of the molecule is CC=CC=CC=CC=CCC[C@@H](O)CC. The van der Waals surface area contributed by atoms with E-state index in [0.29, 0.717) is 0 Å². The highest BCUT2D eigenvalue weighted by atomic mass is 16.3. The van der Waals surface area contributed by atoms with Gasteiger partial charge in [-0.25, -0.2) is 0 Å². The Morgan fingerprint density at radius 3 is 2.20 bits per heavy atom. The fourth-order valence-corrected chi connectivity index (χ4v) is 1.04. The van der Waals surface area contributed by atoms with Crippen LogP contribution in [0.4, 0.5) is 0 Å². The average molecular weight is 206 g/mol. The van der Waals surface area contributed by atoms with E-state index in [9.17, 15) is 5.11 Å². The number of allylic oxidation sites excluding steroid dienone is 8. The minimum atomic E-state index is -0.145. The van der Waals surface area contributed by atoms with E-state index in [1.807, 2.05) is 56.4 Å². The van der Waals surface area contributed by atoms with Gasteiger partial charge in [-0.1, -0.05) is 55.5 Å². The molecular weight excluding hydrogens is 184 g/mol. The Hall–Kier alpha value is -1.08. The van der Waals surface area contributed by atoms with Crippen LogP contribution in [-0.4, -0.2) is 11.2 Å². The molecule has 15 heavy (non-hydrogen) atoms. The van der Waals surface area contributed by atoms with Crippen LogP contribution >= 0.6 is 0 Å². The molecule has 0 unspecified atom stereocenters. The Labute approximate surface area is 93.5 Å². The second-order valence-electron chi connectivity index (χ2n) is 3.36. The molecule has 0 rings (SSSR count). The molecule has 0 aliphatic carbocycles. The van der Waals surface area contributed by atoms with Gasteiger partial charge in [-0.2, -0.15) is 0 Å². The zero-order chi connectivity index (χ0) is 11.4. The molecule has 0 aromatic rings. The number of aliphatic hydroxyl groups is 1. The van der Waals surface area contributed by atoms with E-state index in [2.05, 4.69) is 6.08 Å². The predicted molar refractivity (Wildman–Crippen MR) is 67.8 cm³/mol. The zero-order valence-electron chi connectivity index (χ0n) is 9.76. The van der Waals surface area contributed by atoms with Crippen LogP contribution in [0.2, 0.25) is 0 Å². The van der Waals surface area contributed by atoms with E-state index in [-0.39, 0.29) is 6.10 Å². The lowest BCUT2D eigenvalue weighted by Gasteiger charge is -2.02. The normalized spacial score (nSPS) is 15.1. The van der Waals surface area contributed by atoms with Gasteiger partial charge in [0.2, 0.25) is 0 Å². The first-order valence-corrected chi connectivity index (χ1v) is 5.60. The van der Waals surface area contributed by atoms with E-state index < -0.39 is 0 Å². The first-order valence-electron chi connectivity index (χ1n) is 5.60. The van der Waals surface area contributed by atoms with E-state index >= 15 is 0 Å². The average Bonchev–Trinajstić information content (AvgIpc) is 2.26. The smallest absolute Gasteiger partial charge is 0.0540 e. The summed E-state index contributed by atoms with van der Waals surface area (Å²) in [7, 11) is 0. The van der Waals surface area contributed by atoms with Gasteiger partial charge in [-0.3, -0.25) is 0 Å². The van der Waals surface area contributed by atoms with Crippen LogP contribution in [0.1, 0.15) is 33.1 Å². The topological polar surface area (TPSA) is 20.2 Å². The largest absolute Gasteiger partial charge is 0.393 e. The van der Waals surface area contributed by atoms with Crippen molar-refractivity contribution in [1.82, 2.24) is 0 Å². The van der Waals surface area contributed by atoms with Gasteiger partial charge in [-0.15, -0.1) is 0 Å². The fraction of sp³-hybridized carbons (Fsp3) is 0.429. The lowest BCUT2D eigenvalue weighted by molar-refractivity contribution is 0.161. The Morgan fingerprint density at radius 1 is 1.00 bits per heavy atom. The molecule has 0 spiro atoms. The van der Waals surface area contributed by atoms with Crippen LogP contribution in [-0.2, 0) is 0 Å². The summed E-state index contributed by atoms with van der Waals surface area (Å²) < 4.78 is 0. The molecule has 0 aromatic carbocycles. The molecule has 1 N–H and O–H groups in total. The van der Waals surface area contributed by atoms with Crippen molar-refractivity contribution >= 4 is 0 Å². The molecule has 1 heteroatoms. The van der Waals surface area contributed by atoms with E-state index in [1.165, 1.54) is 0 Å². The molecule has 84 valence electrons. The molecular formula is C14H22O. The lowest BCUT2D eigenvalue weighted by atomic mass is 10.1. The number of rotatable bonds is 7. The highest BCUT2D eigenvalue weighted by Crippen LogP contribution is 2.01. The first kappa shape index (κ1) is 13.9. The molecule has 1 nitrogen and oxygen atoms in total. The third-order valence-corrected chi connectivity index (χ3v) is 2.02. The summed E-state index contributed by atoms with van der Waals surface area (Å²) in [5.74, 6) is 0. The maximum atomic E-state index is 9.29. The van der Waals surface area contributed by atoms with Crippen molar-refractivity contribution in [3.8, 4) is 0 Å². The summed E-state index contributed by atoms with van der Waals surface area (Å²) >= 11 is 0. The van der Waals surface area contributed by atoms with Crippen LogP contribution in [0.5, 0.6) is 0 Å². The van der Waals surface area contributed by atoms with Crippen LogP contribution in [0.3, 0.4) is 0 Å². The Morgan fingerprint density at radius 2 is 1.60 bits per heavy atom. The first-order chi connectivity index (χ1) is 7.31. The maximum absolute atomic E-state index is 9.29. The molecule has 0 saturated heterocycles. The van der Waals surface area contributed by atoms with Crippen LogP contribution in [0.25, 0.3) is 0 Å². The molecule has 0 aliphatic heterocycles. The van der Waals surface area contributed by atoms with Crippen LogP contribution < -0.4 is 0 Å². The zero-order valence-corrected chi connectivity index (χ0v) is 9.76. The fourth-order valence-electron chi connectivity index (χ4n) is 1.04. The Balaban J connectivity index is 3.53. The molecule has 0 saturated carbocycles. The summed E-state index contributed by atoms with van der Waals surface area (Å²) in [6, 6.07) is 0. The van der Waals surface area contributed by atoms with Crippen LogP contribution in [0.15, 0.2) is 48.6 Å². The molecule has 0 amide bonds. The van der Waals surface area contributed by atoms with E-state index in [1.54, 1.807) is 0 Å². The molecule has 0 radical (unpaired) electrons. The lowest BCUT2D eigenvalue weighted by Crippen LogP contribution is -2.02. The molecule has 0 fully saturated rings. The molecule has 1 atom stereocenters. The van der Waals surface area contributed by atoms with Crippen molar-refractivity contribution in [1.29, 1.82) is 0 Å². The molecule has 0 aliphatic rings. The predicted octanol–water partition coefficient (Wildman–Crippen LogP) is 3.78. The van der Waals surface area contributed by atoms with E-state index in [0.717, 1.165) is 19.3 Å².